The van der Waals surface area contributed by atoms with Crippen LogP contribution in [-0.2, 0) is 0 Å². The molecule has 0 atom stereocenters. The predicted octanol–water partition coefficient (Wildman–Crippen LogP) is 5.00. The van der Waals surface area contributed by atoms with E-state index in [1.54, 1.807) is 23.9 Å². The van der Waals surface area contributed by atoms with Gasteiger partial charge < -0.3 is 10.1 Å². The minimum Gasteiger partial charge on any atom is -0.508 e. The van der Waals surface area contributed by atoms with Gasteiger partial charge in [-0.3, -0.25) is 0 Å². The number of fused-ring (bicyclic) bond motifs is 2. The summed E-state index contributed by atoms with van der Waals surface area (Å²) in [6.07, 6.45) is 3.86. The first-order chi connectivity index (χ1) is 13.2. The molecule has 0 bridgehead atoms. The number of aromatic amines is 1. The fourth-order valence-corrected chi connectivity index (χ4v) is 3.96. The maximum atomic E-state index is 9.78. The number of hydrogen-bond acceptors (Lipinski definition) is 4. The van der Waals surface area contributed by atoms with Crippen molar-refractivity contribution in [3.63, 3.8) is 0 Å². The monoisotopic (exact) mass is 372 g/mol. The van der Waals surface area contributed by atoms with E-state index >= 15 is 0 Å². The SMILES string of the molecule is CSc1cc(O)ccc1-c1ccc2cnn(-c3nc4ccccc4[nH]3)c2c1. The van der Waals surface area contributed by atoms with Crippen LogP contribution in [0.5, 0.6) is 5.75 Å². The van der Waals surface area contributed by atoms with Crippen LogP contribution in [0.4, 0.5) is 0 Å². The normalized spacial score (nSPS) is 11.4. The van der Waals surface area contributed by atoms with Crippen molar-refractivity contribution in [2.24, 2.45) is 0 Å². The molecule has 5 nitrogen and oxygen atoms in total. The molecule has 0 spiro atoms. The number of phenols is 1. The summed E-state index contributed by atoms with van der Waals surface area (Å²) in [6, 6.07) is 19.7. The van der Waals surface area contributed by atoms with Crippen molar-refractivity contribution < 1.29 is 5.11 Å². The molecule has 2 aromatic heterocycles. The number of rotatable bonds is 3. The van der Waals surface area contributed by atoms with Gasteiger partial charge in [0.1, 0.15) is 5.75 Å². The summed E-state index contributed by atoms with van der Waals surface area (Å²) in [6.45, 7) is 0. The summed E-state index contributed by atoms with van der Waals surface area (Å²) in [7, 11) is 0. The van der Waals surface area contributed by atoms with Gasteiger partial charge in [-0.1, -0.05) is 24.3 Å². The van der Waals surface area contributed by atoms with Gasteiger partial charge in [0.25, 0.3) is 0 Å². The highest BCUT2D eigenvalue weighted by atomic mass is 32.2. The van der Waals surface area contributed by atoms with Gasteiger partial charge in [-0.25, -0.2) is 4.98 Å². The van der Waals surface area contributed by atoms with E-state index in [0.29, 0.717) is 5.95 Å². The summed E-state index contributed by atoms with van der Waals surface area (Å²) < 4.78 is 1.83. The number of imidazole rings is 1. The highest BCUT2D eigenvalue weighted by molar-refractivity contribution is 7.98. The van der Waals surface area contributed by atoms with Crippen LogP contribution in [0.3, 0.4) is 0 Å². The van der Waals surface area contributed by atoms with Crippen LogP contribution in [0.15, 0.2) is 71.8 Å². The largest absolute Gasteiger partial charge is 0.508 e. The molecule has 0 amide bonds. The van der Waals surface area contributed by atoms with Crippen LogP contribution in [0.25, 0.3) is 39.0 Å². The Kier molecular flexibility index (Phi) is 3.65. The third-order valence-corrected chi connectivity index (χ3v) is 5.42. The zero-order valence-corrected chi connectivity index (χ0v) is 15.4. The van der Waals surface area contributed by atoms with E-state index in [-0.39, 0.29) is 5.75 Å². The zero-order chi connectivity index (χ0) is 18.4. The number of nitrogens with one attached hydrogen (secondary N) is 1. The van der Waals surface area contributed by atoms with E-state index in [9.17, 15) is 5.11 Å². The number of H-pyrrole nitrogens is 1. The number of hydrogen-bond donors (Lipinski definition) is 2. The third kappa shape index (κ3) is 2.65. The van der Waals surface area contributed by atoms with Crippen molar-refractivity contribution in [3.8, 4) is 22.8 Å². The number of phenolic OH excluding ortho intramolecular Hbond substituents is 1. The lowest BCUT2D eigenvalue weighted by molar-refractivity contribution is 0.474. The Hall–Kier alpha value is -3.25. The molecule has 5 aromatic rings. The topological polar surface area (TPSA) is 66.7 Å². The van der Waals surface area contributed by atoms with E-state index in [2.05, 4.69) is 33.3 Å². The average Bonchev–Trinajstić information content (AvgIpc) is 3.30. The Morgan fingerprint density at radius 1 is 1.04 bits per heavy atom. The van der Waals surface area contributed by atoms with Crippen molar-refractivity contribution in [1.82, 2.24) is 19.7 Å². The molecule has 0 aliphatic carbocycles. The van der Waals surface area contributed by atoms with Crippen LogP contribution < -0.4 is 0 Å². The second-order valence-electron chi connectivity index (χ2n) is 6.29. The lowest BCUT2D eigenvalue weighted by Crippen LogP contribution is -1.98. The van der Waals surface area contributed by atoms with Gasteiger partial charge in [-0.2, -0.15) is 9.78 Å². The van der Waals surface area contributed by atoms with Crippen LogP contribution in [-0.4, -0.2) is 31.1 Å². The van der Waals surface area contributed by atoms with Crippen LogP contribution in [0.1, 0.15) is 0 Å². The molecule has 2 heterocycles. The molecule has 3 aromatic carbocycles. The molecule has 5 rings (SSSR count). The van der Waals surface area contributed by atoms with Gasteiger partial charge in [0.2, 0.25) is 5.95 Å². The van der Waals surface area contributed by atoms with Gasteiger partial charge in [-0.15, -0.1) is 11.8 Å². The maximum Gasteiger partial charge on any atom is 0.229 e. The Morgan fingerprint density at radius 3 is 2.78 bits per heavy atom. The van der Waals surface area contributed by atoms with E-state index in [0.717, 1.165) is 38.0 Å². The predicted molar refractivity (Wildman–Crippen MR) is 110 cm³/mol. The molecular formula is C21H16N4OS. The van der Waals surface area contributed by atoms with Crippen molar-refractivity contribution >= 4 is 33.7 Å². The minimum atomic E-state index is 0.275. The quantitative estimate of drug-likeness (QED) is 0.438. The number of aromatic hydroxyl groups is 1. The van der Waals surface area contributed by atoms with Crippen LogP contribution in [0.2, 0.25) is 0 Å². The first-order valence-corrected chi connectivity index (χ1v) is 9.76. The molecular weight excluding hydrogens is 356 g/mol. The van der Waals surface area contributed by atoms with Crippen molar-refractivity contribution in [1.29, 1.82) is 0 Å². The summed E-state index contributed by atoms with van der Waals surface area (Å²) >= 11 is 1.61. The Balaban J connectivity index is 1.69. The molecule has 0 aliphatic heterocycles. The summed E-state index contributed by atoms with van der Waals surface area (Å²) in [5, 5.41) is 15.4. The molecule has 0 radical (unpaired) electrons. The van der Waals surface area contributed by atoms with E-state index < -0.39 is 0 Å². The lowest BCUT2D eigenvalue weighted by atomic mass is 10.0. The number of para-hydroxylation sites is 2. The Labute approximate surface area is 159 Å². The lowest BCUT2D eigenvalue weighted by Gasteiger charge is -2.09. The van der Waals surface area contributed by atoms with Crippen molar-refractivity contribution in [2.75, 3.05) is 6.26 Å². The van der Waals surface area contributed by atoms with Crippen molar-refractivity contribution in [2.45, 2.75) is 4.90 Å². The maximum absolute atomic E-state index is 9.78. The minimum absolute atomic E-state index is 0.275. The van der Waals surface area contributed by atoms with Gasteiger partial charge in [0, 0.05) is 10.3 Å². The first-order valence-electron chi connectivity index (χ1n) is 8.53. The van der Waals surface area contributed by atoms with Gasteiger partial charge >= 0.3 is 0 Å². The fourth-order valence-electron chi connectivity index (χ4n) is 3.31. The van der Waals surface area contributed by atoms with E-state index in [4.69, 9.17) is 0 Å². The zero-order valence-electron chi connectivity index (χ0n) is 14.5. The summed E-state index contributed by atoms with van der Waals surface area (Å²) in [4.78, 5) is 9.02. The fraction of sp³-hybridized carbons (Fsp3) is 0.0476. The molecule has 132 valence electrons. The number of nitrogens with zero attached hydrogens (tertiary/aromatic N) is 3. The second-order valence-corrected chi connectivity index (χ2v) is 7.14. The first kappa shape index (κ1) is 16.0. The van der Waals surface area contributed by atoms with E-state index in [1.807, 2.05) is 47.5 Å². The molecule has 27 heavy (non-hydrogen) atoms. The number of benzene rings is 3. The second kappa shape index (κ2) is 6.17. The van der Waals surface area contributed by atoms with E-state index in [1.165, 1.54) is 0 Å². The molecule has 2 N–H and O–H groups in total. The molecule has 0 saturated carbocycles. The molecule has 0 aliphatic rings. The molecule has 0 saturated heterocycles. The third-order valence-electron chi connectivity index (χ3n) is 4.64. The number of aromatic nitrogens is 4. The standard InChI is InChI=1S/C21H16N4OS/c1-27-20-11-15(26)8-9-16(20)13-6-7-14-12-22-25(19(14)10-13)21-23-17-4-2-3-5-18(17)24-21/h2-12,26H,1H3,(H,23,24). The van der Waals surface area contributed by atoms with Gasteiger partial charge in [0.05, 0.1) is 22.7 Å². The highest BCUT2D eigenvalue weighted by Gasteiger charge is 2.12. The van der Waals surface area contributed by atoms with Crippen molar-refractivity contribution in [3.05, 3.63) is 66.9 Å². The van der Waals surface area contributed by atoms with Gasteiger partial charge in [-0.05, 0) is 53.8 Å². The van der Waals surface area contributed by atoms with Gasteiger partial charge in [0.15, 0.2) is 0 Å². The number of thioether (sulfide) groups is 1. The molecule has 0 unspecified atom stereocenters. The Bertz CT molecular complexity index is 1260. The molecule has 6 heteroatoms. The van der Waals surface area contributed by atoms with Crippen LogP contribution in [0, 0.1) is 0 Å². The summed E-state index contributed by atoms with van der Waals surface area (Å²) in [5.74, 6) is 0.968. The average molecular weight is 372 g/mol. The Morgan fingerprint density at radius 2 is 1.93 bits per heavy atom. The highest BCUT2D eigenvalue weighted by Crippen LogP contribution is 2.34. The molecule has 0 fully saturated rings. The smallest absolute Gasteiger partial charge is 0.229 e. The summed E-state index contributed by atoms with van der Waals surface area (Å²) in [5.41, 5.74) is 5.03. The van der Waals surface area contributed by atoms with Crippen LogP contribution >= 0.6 is 11.8 Å².